The van der Waals surface area contributed by atoms with Crippen molar-refractivity contribution in [1.29, 1.82) is 0 Å². The second kappa shape index (κ2) is 7.87. The average molecular weight is 388 g/mol. The summed E-state index contributed by atoms with van der Waals surface area (Å²) in [5.74, 6) is -0.986. The molecule has 1 fully saturated rings. The van der Waals surface area contributed by atoms with E-state index in [2.05, 4.69) is 5.32 Å². The highest BCUT2D eigenvalue weighted by molar-refractivity contribution is 7.25. The normalized spacial score (nSPS) is 25.0. The number of ether oxygens (including phenoxy) is 1. The van der Waals surface area contributed by atoms with Gasteiger partial charge in [-0.25, -0.2) is 4.79 Å². The molecule has 2 aromatic carbocycles. The second-order valence-electron chi connectivity index (χ2n) is 7.09. The van der Waals surface area contributed by atoms with Gasteiger partial charge in [0.15, 0.2) is 0 Å². The van der Waals surface area contributed by atoms with E-state index in [1.807, 2.05) is 43.3 Å². The minimum atomic E-state index is -1.49. The summed E-state index contributed by atoms with van der Waals surface area (Å²) >= 11 is 0. The molecule has 1 heterocycles. The minimum absolute atomic E-state index is 0.208. The van der Waals surface area contributed by atoms with E-state index in [9.17, 15) is 19.6 Å². The van der Waals surface area contributed by atoms with Crippen LogP contribution in [0.3, 0.4) is 0 Å². The predicted octanol–water partition coefficient (Wildman–Crippen LogP) is 2.54. The zero-order chi connectivity index (χ0) is 19.5. The smallest absolute Gasteiger partial charge is 0.362 e. The molecule has 2 aromatic rings. The number of morpholine rings is 1. The van der Waals surface area contributed by atoms with Crippen molar-refractivity contribution < 1.29 is 24.3 Å². The van der Waals surface area contributed by atoms with Gasteiger partial charge >= 0.3 is 14.4 Å². The van der Waals surface area contributed by atoms with Crippen molar-refractivity contribution in [1.82, 2.24) is 5.32 Å². The fraction of sp³-hybridized carbons (Fsp3) is 0.350. The second-order valence-corrected chi connectivity index (χ2v) is 8.16. The average Bonchev–Trinajstić information content (AvgIpc) is 2.69. The van der Waals surface area contributed by atoms with E-state index >= 15 is 0 Å². The quantitative estimate of drug-likeness (QED) is 0.659. The van der Waals surface area contributed by atoms with Crippen molar-refractivity contribution in [3.05, 3.63) is 71.3 Å². The first-order valence-corrected chi connectivity index (χ1v) is 9.63. The maximum Gasteiger partial charge on any atom is 0.362 e. The molecule has 2 unspecified atom stereocenters. The van der Waals surface area contributed by atoms with Gasteiger partial charge in [0.25, 0.3) is 5.34 Å². The minimum Gasteiger partial charge on any atom is -0.478 e. The van der Waals surface area contributed by atoms with E-state index in [0.717, 1.165) is 11.1 Å². The third-order valence-electron chi connectivity index (χ3n) is 5.02. The summed E-state index contributed by atoms with van der Waals surface area (Å²) in [6.45, 7) is 2.44. The van der Waals surface area contributed by atoms with E-state index in [1.54, 1.807) is 18.2 Å². The molecule has 6 nitrogen and oxygen atoms in total. The van der Waals surface area contributed by atoms with Gasteiger partial charge in [0.1, 0.15) is 6.10 Å². The molecule has 1 saturated heterocycles. The molecule has 0 aromatic heterocycles. The largest absolute Gasteiger partial charge is 0.478 e. The first-order chi connectivity index (χ1) is 12.9. The molecule has 3 rings (SSSR count). The van der Waals surface area contributed by atoms with Crippen LogP contribution in [0, 0.1) is 0 Å². The molecule has 142 valence electrons. The fourth-order valence-corrected chi connectivity index (χ4v) is 3.90. The molecule has 27 heavy (non-hydrogen) atoms. The Bertz CT molecular complexity index is 820. The zero-order valence-electron chi connectivity index (χ0n) is 15.0. The lowest BCUT2D eigenvalue weighted by atomic mass is 9.89. The maximum absolute atomic E-state index is 11.8. The number of carboxylic acid groups (broad SMARTS) is 1. The SMILES string of the molecule is C[C@@]1(c2cccc(C(=O)O)c2)CO[C@H](C(O)(Cc2ccccc2)[PH+]=O)CN1. The molecule has 0 amide bonds. The Morgan fingerprint density at radius 2 is 2.04 bits per heavy atom. The van der Waals surface area contributed by atoms with Gasteiger partial charge in [-0.2, -0.15) is 0 Å². The summed E-state index contributed by atoms with van der Waals surface area (Å²) in [5, 5.41) is 22.0. The van der Waals surface area contributed by atoms with E-state index < -0.39 is 31.4 Å². The number of aliphatic hydroxyl groups is 1. The van der Waals surface area contributed by atoms with Crippen LogP contribution >= 0.6 is 8.46 Å². The Balaban J connectivity index is 1.74. The molecule has 0 spiro atoms. The van der Waals surface area contributed by atoms with Gasteiger partial charge in [0.05, 0.1) is 24.1 Å². The van der Waals surface area contributed by atoms with Gasteiger partial charge < -0.3 is 20.3 Å². The highest BCUT2D eigenvalue weighted by Crippen LogP contribution is 2.35. The molecule has 0 bridgehead atoms. The third kappa shape index (κ3) is 4.25. The molecule has 0 saturated carbocycles. The fourth-order valence-electron chi connectivity index (χ4n) is 3.31. The monoisotopic (exact) mass is 388 g/mol. The lowest BCUT2D eigenvalue weighted by Gasteiger charge is -2.41. The van der Waals surface area contributed by atoms with Crippen LogP contribution in [0.1, 0.15) is 28.4 Å². The molecule has 1 aliphatic heterocycles. The summed E-state index contributed by atoms with van der Waals surface area (Å²) in [6, 6.07) is 16.1. The first-order valence-electron chi connectivity index (χ1n) is 8.72. The van der Waals surface area contributed by atoms with Crippen LogP contribution in [-0.2, 0) is 21.3 Å². The van der Waals surface area contributed by atoms with Crippen LogP contribution in [0.15, 0.2) is 54.6 Å². The molecule has 7 heteroatoms. The van der Waals surface area contributed by atoms with Gasteiger partial charge in [-0.15, -0.1) is 0 Å². The third-order valence-corrected chi connectivity index (χ3v) is 5.88. The number of hydrogen-bond donors (Lipinski definition) is 3. The zero-order valence-corrected chi connectivity index (χ0v) is 16.0. The number of carbonyl (C=O) groups is 1. The van der Waals surface area contributed by atoms with Crippen LogP contribution in [-0.4, -0.2) is 40.8 Å². The van der Waals surface area contributed by atoms with Crippen molar-refractivity contribution in [2.75, 3.05) is 13.2 Å². The van der Waals surface area contributed by atoms with Crippen molar-refractivity contribution in [2.45, 2.75) is 30.3 Å². The summed E-state index contributed by atoms with van der Waals surface area (Å²) < 4.78 is 17.7. The van der Waals surface area contributed by atoms with E-state index in [1.165, 1.54) is 0 Å². The van der Waals surface area contributed by atoms with Crippen molar-refractivity contribution in [3.63, 3.8) is 0 Å². The van der Waals surface area contributed by atoms with Crippen molar-refractivity contribution >= 4 is 14.4 Å². The molecule has 1 aliphatic rings. The summed E-state index contributed by atoms with van der Waals surface area (Å²) in [4.78, 5) is 11.2. The van der Waals surface area contributed by atoms with Crippen molar-refractivity contribution in [2.24, 2.45) is 0 Å². The highest BCUT2D eigenvalue weighted by atomic mass is 31.1. The van der Waals surface area contributed by atoms with Gasteiger partial charge in [0, 0.05) is 6.54 Å². The van der Waals surface area contributed by atoms with Gasteiger partial charge in [-0.1, -0.05) is 47.0 Å². The molecule has 0 radical (unpaired) electrons. The molecule has 3 N–H and O–H groups in total. The van der Waals surface area contributed by atoms with Gasteiger partial charge in [-0.3, -0.25) is 0 Å². The summed E-state index contributed by atoms with van der Waals surface area (Å²) in [6.07, 6.45) is -0.405. The maximum atomic E-state index is 11.8. The summed E-state index contributed by atoms with van der Waals surface area (Å²) in [7, 11) is -0.936. The van der Waals surface area contributed by atoms with E-state index in [4.69, 9.17) is 4.74 Å². The number of benzene rings is 2. The lowest BCUT2D eigenvalue weighted by Crippen LogP contribution is -2.59. The Hall–Kier alpha value is -2.11. The van der Waals surface area contributed by atoms with Gasteiger partial charge in [-0.05, 0) is 30.2 Å². The van der Waals surface area contributed by atoms with Crippen LogP contribution in [0.4, 0.5) is 0 Å². The molecular formula is C20H23NO5P+. The summed E-state index contributed by atoms with van der Waals surface area (Å²) in [5.41, 5.74) is 1.28. The Morgan fingerprint density at radius 1 is 1.30 bits per heavy atom. The molecular weight excluding hydrogens is 365 g/mol. The van der Waals surface area contributed by atoms with Crippen LogP contribution in [0.5, 0.6) is 0 Å². The first kappa shape index (κ1) is 19.6. The standard InChI is InChI=1S/C20H22NO5P/c1-19(16-9-5-8-15(10-16)18(22)23)13-26-17(12-21-19)20(24,27-25)11-14-6-3-2-4-7-14/h2-10,17,21,24H,11-13H2,1H3,(H,22,23)/p+1/t17-,19-,20?/m0/s1. The van der Waals surface area contributed by atoms with Crippen LogP contribution in [0.25, 0.3) is 0 Å². The number of aromatic carboxylic acids is 1. The van der Waals surface area contributed by atoms with Crippen LogP contribution in [0.2, 0.25) is 0 Å². The van der Waals surface area contributed by atoms with E-state index in [-0.39, 0.29) is 18.6 Å². The number of rotatable bonds is 6. The number of carboxylic acids is 1. The van der Waals surface area contributed by atoms with E-state index in [0.29, 0.717) is 6.54 Å². The Labute approximate surface area is 159 Å². The molecule has 0 aliphatic carbocycles. The Kier molecular flexibility index (Phi) is 5.72. The lowest BCUT2D eigenvalue weighted by molar-refractivity contribution is -0.103. The Morgan fingerprint density at radius 3 is 2.63 bits per heavy atom. The number of nitrogens with one attached hydrogen (secondary N) is 1. The van der Waals surface area contributed by atoms with Gasteiger partial charge in [0.2, 0.25) is 0 Å². The number of hydrogen-bond acceptors (Lipinski definition) is 5. The topological polar surface area (TPSA) is 95.9 Å². The van der Waals surface area contributed by atoms with Crippen molar-refractivity contribution in [3.8, 4) is 0 Å². The highest BCUT2D eigenvalue weighted by Gasteiger charge is 2.49. The predicted molar refractivity (Wildman–Crippen MR) is 103 cm³/mol. The van der Waals surface area contributed by atoms with Crippen LogP contribution < -0.4 is 5.32 Å². The molecule has 4 atom stereocenters.